The maximum atomic E-state index is 12.5. The fourth-order valence-electron chi connectivity index (χ4n) is 2.11. The molecule has 0 unspecified atom stereocenters. The van der Waals surface area contributed by atoms with Gasteiger partial charge in [-0.1, -0.05) is 12.1 Å². The standard InChI is InChI=1S/C16H13IO3/c17-13-5-2-1-4-12(13)16(18)11-6-7-14-15(10-11)20-9-3-8-19-14/h1-2,4-7,10H,3,8-9H2. The molecule has 3 nitrogen and oxygen atoms in total. The zero-order chi connectivity index (χ0) is 13.9. The van der Waals surface area contributed by atoms with Crippen molar-refractivity contribution in [2.45, 2.75) is 6.42 Å². The fourth-order valence-corrected chi connectivity index (χ4v) is 2.74. The van der Waals surface area contributed by atoms with Gasteiger partial charge >= 0.3 is 0 Å². The Morgan fingerprint density at radius 1 is 1.00 bits per heavy atom. The molecular formula is C16H13IO3. The summed E-state index contributed by atoms with van der Waals surface area (Å²) in [6.07, 6.45) is 0.856. The Morgan fingerprint density at radius 3 is 2.55 bits per heavy atom. The maximum Gasteiger partial charge on any atom is 0.194 e. The first-order valence-corrected chi connectivity index (χ1v) is 7.52. The molecule has 0 fully saturated rings. The number of benzene rings is 2. The first kappa shape index (κ1) is 13.4. The van der Waals surface area contributed by atoms with Crippen molar-refractivity contribution < 1.29 is 14.3 Å². The molecule has 0 aromatic heterocycles. The van der Waals surface area contributed by atoms with E-state index in [0.29, 0.717) is 35.8 Å². The Balaban J connectivity index is 1.97. The van der Waals surface area contributed by atoms with Crippen molar-refractivity contribution in [2.75, 3.05) is 13.2 Å². The summed E-state index contributed by atoms with van der Waals surface area (Å²) >= 11 is 2.18. The van der Waals surface area contributed by atoms with Gasteiger partial charge in [-0.25, -0.2) is 0 Å². The molecule has 1 aliphatic rings. The monoisotopic (exact) mass is 380 g/mol. The minimum absolute atomic E-state index is 0.00523. The summed E-state index contributed by atoms with van der Waals surface area (Å²) in [5.41, 5.74) is 1.33. The maximum absolute atomic E-state index is 12.5. The molecule has 2 aromatic carbocycles. The van der Waals surface area contributed by atoms with Crippen LogP contribution in [0.1, 0.15) is 22.3 Å². The summed E-state index contributed by atoms with van der Waals surface area (Å²) in [5.74, 6) is 1.37. The van der Waals surface area contributed by atoms with Crippen molar-refractivity contribution in [2.24, 2.45) is 0 Å². The number of ether oxygens (including phenoxy) is 2. The zero-order valence-corrected chi connectivity index (χ0v) is 12.9. The number of carbonyl (C=O) groups is 1. The summed E-state index contributed by atoms with van der Waals surface area (Å²) in [7, 11) is 0. The van der Waals surface area contributed by atoms with Crippen molar-refractivity contribution in [3.63, 3.8) is 0 Å². The van der Waals surface area contributed by atoms with E-state index >= 15 is 0 Å². The molecule has 0 spiro atoms. The number of ketones is 1. The predicted molar refractivity (Wildman–Crippen MR) is 84.6 cm³/mol. The van der Waals surface area contributed by atoms with E-state index < -0.39 is 0 Å². The summed E-state index contributed by atoms with van der Waals surface area (Å²) in [4.78, 5) is 12.5. The minimum Gasteiger partial charge on any atom is -0.490 e. The van der Waals surface area contributed by atoms with Gasteiger partial charge in [0.1, 0.15) is 0 Å². The number of hydrogen-bond acceptors (Lipinski definition) is 3. The van der Waals surface area contributed by atoms with Gasteiger partial charge in [0, 0.05) is 21.1 Å². The Hall–Kier alpha value is -1.56. The van der Waals surface area contributed by atoms with E-state index in [1.165, 1.54) is 0 Å². The molecule has 3 rings (SSSR count). The number of carbonyl (C=O) groups excluding carboxylic acids is 1. The molecule has 0 bridgehead atoms. The Labute approximate surface area is 131 Å². The SMILES string of the molecule is O=C(c1ccc2c(c1)OCCCO2)c1ccccc1I. The molecule has 2 aromatic rings. The molecule has 0 atom stereocenters. The van der Waals surface area contributed by atoms with Crippen LogP contribution in [-0.4, -0.2) is 19.0 Å². The largest absolute Gasteiger partial charge is 0.490 e. The fraction of sp³-hybridized carbons (Fsp3) is 0.188. The lowest BCUT2D eigenvalue weighted by Crippen LogP contribution is -2.04. The van der Waals surface area contributed by atoms with Crippen LogP contribution in [0.25, 0.3) is 0 Å². The van der Waals surface area contributed by atoms with Crippen LogP contribution in [0.2, 0.25) is 0 Å². The molecular weight excluding hydrogens is 367 g/mol. The Bertz CT molecular complexity index is 652. The molecule has 0 N–H and O–H groups in total. The molecule has 1 heterocycles. The average molecular weight is 380 g/mol. The van der Waals surface area contributed by atoms with E-state index in [0.717, 1.165) is 9.99 Å². The highest BCUT2D eigenvalue weighted by atomic mass is 127. The summed E-state index contributed by atoms with van der Waals surface area (Å²) in [6.45, 7) is 1.27. The van der Waals surface area contributed by atoms with Crippen molar-refractivity contribution in [1.82, 2.24) is 0 Å². The number of fused-ring (bicyclic) bond motifs is 1. The summed E-state index contributed by atoms with van der Waals surface area (Å²) in [6, 6.07) is 12.9. The van der Waals surface area contributed by atoms with E-state index in [2.05, 4.69) is 22.6 Å². The first-order chi connectivity index (χ1) is 9.75. The third kappa shape index (κ3) is 2.65. The van der Waals surface area contributed by atoms with E-state index in [9.17, 15) is 4.79 Å². The third-order valence-electron chi connectivity index (χ3n) is 3.13. The lowest BCUT2D eigenvalue weighted by atomic mass is 10.0. The highest BCUT2D eigenvalue weighted by Crippen LogP contribution is 2.31. The van der Waals surface area contributed by atoms with Gasteiger partial charge in [-0.2, -0.15) is 0 Å². The van der Waals surface area contributed by atoms with Gasteiger partial charge in [-0.3, -0.25) is 4.79 Å². The van der Waals surface area contributed by atoms with Gasteiger partial charge in [0.05, 0.1) is 13.2 Å². The van der Waals surface area contributed by atoms with Crippen molar-refractivity contribution in [3.05, 3.63) is 57.2 Å². The van der Waals surface area contributed by atoms with Gasteiger partial charge in [0.25, 0.3) is 0 Å². The molecule has 0 aliphatic carbocycles. The smallest absolute Gasteiger partial charge is 0.194 e. The van der Waals surface area contributed by atoms with Crippen LogP contribution >= 0.6 is 22.6 Å². The van der Waals surface area contributed by atoms with Crippen molar-refractivity contribution in [1.29, 1.82) is 0 Å². The van der Waals surface area contributed by atoms with Crippen molar-refractivity contribution >= 4 is 28.4 Å². The van der Waals surface area contributed by atoms with E-state index in [1.807, 2.05) is 30.3 Å². The molecule has 0 saturated carbocycles. The zero-order valence-electron chi connectivity index (χ0n) is 10.8. The highest BCUT2D eigenvalue weighted by Gasteiger charge is 2.16. The van der Waals surface area contributed by atoms with Gasteiger partial charge in [0.2, 0.25) is 0 Å². The molecule has 0 saturated heterocycles. The second kappa shape index (κ2) is 5.83. The number of hydrogen-bond donors (Lipinski definition) is 0. The second-order valence-corrected chi connectivity index (χ2v) is 5.68. The topological polar surface area (TPSA) is 35.5 Å². The number of halogens is 1. The van der Waals surface area contributed by atoms with Crippen molar-refractivity contribution in [3.8, 4) is 11.5 Å². The van der Waals surface area contributed by atoms with Gasteiger partial charge in [-0.15, -0.1) is 0 Å². The molecule has 0 amide bonds. The predicted octanol–water partition coefficient (Wildman–Crippen LogP) is 3.68. The van der Waals surface area contributed by atoms with Crippen LogP contribution in [0.5, 0.6) is 11.5 Å². The molecule has 1 aliphatic heterocycles. The van der Waals surface area contributed by atoms with Crippen LogP contribution in [0, 0.1) is 3.57 Å². The summed E-state index contributed by atoms with van der Waals surface area (Å²) in [5, 5.41) is 0. The first-order valence-electron chi connectivity index (χ1n) is 6.44. The van der Waals surface area contributed by atoms with E-state index in [-0.39, 0.29) is 5.78 Å². The molecule has 0 radical (unpaired) electrons. The van der Waals surface area contributed by atoms with E-state index in [1.54, 1.807) is 12.1 Å². The van der Waals surface area contributed by atoms with Gasteiger partial charge in [0.15, 0.2) is 17.3 Å². The highest BCUT2D eigenvalue weighted by molar-refractivity contribution is 14.1. The minimum atomic E-state index is 0.00523. The lowest BCUT2D eigenvalue weighted by molar-refractivity contribution is 0.103. The lowest BCUT2D eigenvalue weighted by Gasteiger charge is -2.09. The second-order valence-electron chi connectivity index (χ2n) is 4.52. The molecule has 20 heavy (non-hydrogen) atoms. The van der Waals surface area contributed by atoms with Crippen LogP contribution in [0.15, 0.2) is 42.5 Å². The van der Waals surface area contributed by atoms with Crippen LogP contribution in [0.3, 0.4) is 0 Å². The van der Waals surface area contributed by atoms with Crippen LogP contribution in [-0.2, 0) is 0 Å². The average Bonchev–Trinajstić information content (AvgIpc) is 2.71. The van der Waals surface area contributed by atoms with Crippen LogP contribution in [0.4, 0.5) is 0 Å². The molecule has 102 valence electrons. The summed E-state index contributed by atoms with van der Waals surface area (Å²) < 4.78 is 12.1. The Morgan fingerprint density at radius 2 is 1.75 bits per heavy atom. The quantitative estimate of drug-likeness (QED) is 0.589. The number of rotatable bonds is 2. The third-order valence-corrected chi connectivity index (χ3v) is 4.07. The Kier molecular flexibility index (Phi) is 3.91. The van der Waals surface area contributed by atoms with Gasteiger partial charge in [-0.05, 0) is 52.9 Å². The molecule has 4 heteroatoms. The normalized spacial score (nSPS) is 13.7. The van der Waals surface area contributed by atoms with E-state index in [4.69, 9.17) is 9.47 Å². The van der Waals surface area contributed by atoms with Gasteiger partial charge < -0.3 is 9.47 Å². The van der Waals surface area contributed by atoms with Crippen LogP contribution < -0.4 is 9.47 Å².